The van der Waals surface area contributed by atoms with Gasteiger partial charge in [-0.2, -0.15) is 0 Å². The molecule has 20 heavy (non-hydrogen) atoms. The van der Waals surface area contributed by atoms with Crippen molar-refractivity contribution in [1.29, 1.82) is 0 Å². The number of likely N-dealkylation sites (tertiary alicyclic amines) is 1. The van der Waals surface area contributed by atoms with E-state index in [2.05, 4.69) is 28.5 Å². The summed E-state index contributed by atoms with van der Waals surface area (Å²) < 4.78 is 0. The lowest BCUT2D eigenvalue weighted by Gasteiger charge is -2.36. The Hall–Kier alpha value is -0.610. The first kappa shape index (κ1) is 15.8. The highest BCUT2D eigenvalue weighted by atomic mass is 16.2. The average molecular weight is 281 g/mol. The first-order valence-electron chi connectivity index (χ1n) is 8.41. The number of hydrogen-bond donors (Lipinski definition) is 0. The summed E-state index contributed by atoms with van der Waals surface area (Å²) in [5, 5.41) is 0. The first-order valence-corrected chi connectivity index (χ1v) is 8.41. The molecule has 2 aliphatic rings. The predicted octanol–water partition coefficient (Wildman–Crippen LogP) is 1.66. The van der Waals surface area contributed by atoms with E-state index in [9.17, 15) is 4.79 Å². The van der Waals surface area contributed by atoms with Crippen molar-refractivity contribution in [2.75, 3.05) is 52.4 Å². The zero-order chi connectivity index (χ0) is 14.4. The number of piperazine rings is 1. The quantitative estimate of drug-likeness (QED) is 0.767. The molecule has 4 nitrogen and oxygen atoms in total. The van der Waals surface area contributed by atoms with Crippen LogP contribution in [0, 0.1) is 5.92 Å². The Morgan fingerprint density at radius 1 is 1.00 bits per heavy atom. The summed E-state index contributed by atoms with van der Waals surface area (Å²) in [6.07, 6.45) is 4.92. The summed E-state index contributed by atoms with van der Waals surface area (Å²) >= 11 is 0. The monoisotopic (exact) mass is 281 g/mol. The lowest BCUT2D eigenvalue weighted by atomic mass is 9.99. The minimum Gasteiger partial charge on any atom is -0.342 e. The Balaban J connectivity index is 1.66. The van der Waals surface area contributed by atoms with E-state index in [1.165, 1.54) is 32.2 Å². The van der Waals surface area contributed by atoms with Crippen LogP contribution in [-0.4, -0.2) is 73.0 Å². The van der Waals surface area contributed by atoms with E-state index < -0.39 is 0 Å². The highest BCUT2D eigenvalue weighted by molar-refractivity contribution is 5.78. The molecule has 116 valence electrons. The van der Waals surface area contributed by atoms with Gasteiger partial charge >= 0.3 is 0 Å². The molecule has 2 fully saturated rings. The Morgan fingerprint density at radius 2 is 1.60 bits per heavy atom. The highest BCUT2D eigenvalue weighted by Crippen LogP contribution is 2.16. The second-order valence-corrected chi connectivity index (χ2v) is 6.53. The fourth-order valence-electron chi connectivity index (χ4n) is 3.10. The fraction of sp³-hybridized carbons (Fsp3) is 0.938. The molecule has 2 aliphatic heterocycles. The van der Waals surface area contributed by atoms with Crippen molar-refractivity contribution in [3.63, 3.8) is 0 Å². The van der Waals surface area contributed by atoms with Gasteiger partial charge in [0.2, 0.25) is 5.91 Å². The second-order valence-electron chi connectivity index (χ2n) is 6.53. The normalized spacial score (nSPS) is 23.2. The third-order valence-electron chi connectivity index (χ3n) is 4.79. The Kier molecular flexibility index (Phi) is 6.30. The molecule has 0 unspecified atom stereocenters. The minimum atomic E-state index is 0.346. The van der Waals surface area contributed by atoms with Gasteiger partial charge in [-0.15, -0.1) is 0 Å². The molecule has 0 atom stereocenters. The van der Waals surface area contributed by atoms with Gasteiger partial charge < -0.3 is 9.80 Å². The molecule has 0 radical (unpaired) electrons. The van der Waals surface area contributed by atoms with Crippen molar-refractivity contribution in [1.82, 2.24) is 14.7 Å². The topological polar surface area (TPSA) is 26.8 Å². The van der Waals surface area contributed by atoms with Crippen molar-refractivity contribution in [2.45, 2.75) is 39.5 Å². The van der Waals surface area contributed by atoms with E-state index >= 15 is 0 Å². The van der Waals surface area contributed by atoms with Crippen LogP contribution in [0.4, 0.5) is 0 Å². The van der Waals surface area contributed by atoms with Crippen molar-refractivity contribution >= 4 is 5.91 Å². The highest BCUT2D eigenvalue weighted by Gasteiger charge is 2.23. The number of rotatable bonds is 5. The first-order chi connectivity index (χ1) is 9.69. The number of piperidine rings is 1. The maximum absolute atomic E-state index is 12.3. The number of carbonyl (C=O) groups is 1. The molecule has 0 saturated carbocycles. The summed E-state index contributed by atoms with van der Waals surface area (Å²) in [7, 11) is 0. The van der Waals surface area contributed by atoms with Gasteiger partial charge in [-0.25, -0.2) is 0 Å². The van der Waals surface area contributed by atoms with E-state index in [0.717, 1.165) is 45.2 Å². The van der Waals surface area contributed by atoms with Crippen molar-refractivity contribution < 1.29 is 4.79 Å². The standard InChI is InChI=1S/C16H31N3O/c1-3-4-7-17-10-12-18(13-11-17)14-16(20)19-8-5-15(2)6-9-19/h15H,3-14H2,1-2H3. The average Bonchev–Trinajstić information content (AvgIpc) is 2.47. The van der Waals surface area contributed by atoms with Gasteiger partial charge in [0, 0.05) is 39.3 Å². The molecule has 0 aromatic carbocycles. The van der Waals surface area contributed by atoms with Gasteiger partial charge in [0.05, 0.1) is 6.54 Å². The predicted molar refractivity (Wildman–Crippen MR) is 82.8 cm³/mol. The maximum Gasteiger partial charge on any atom is 0.236 e. The van der Waals surface area contributed by atoms with Crippen LogP contribution in [0.15, 0.2) is 0 Å². The number of unbranched alkanes of at least 4 members (excludes halogenated alkanes) is 1. The molecule has 0 aromatic heterocycles. The molecule has 0 aliphatic carbocycles. The Bertz CT molecular complexity index is 292. The van der Waals surface area contributed by atoms with Crippen LogP contribution in [0.2, 0.25) is 0 Å². The van der Waals surface area contributed by atoms with Crippen molar-refractivity contribution in [3.8, 4) is 0 Å². The van der Waals surface area contributed by atoms with E-state index in [-0.39, 0.29) is 0 Å². The molecule has 4 heteroatoms. The van der Waals surface area contributed by atoms with Crippen molar-refractivity contribution in [2.24, 2.45) is 5.92 Å². The molecular weight excluding hydrogens is 250 g/mol. The fourth-order valence-corrected chi connectivity index (χ4v) is 3.10. The molecule has 0 bridgehead atoms. The van der Waals surface area contributed by atoms with Gasteiger partial charge in [-0.3, -0.25) is 9.69 Å². The van der Waals surface area contributed by atoms with Crippen LogP contribution in [0.5, 0.6) is 0 Å². The number of carbonyl (C=O) groups excluding carboxylic acids is 1. The Labute approximate surface area is 124 Å². The molecule has 2 rings (SSSR count). The van der Waals surface area contributed by atoms with Crippen LogP contribution >= 0.6 is 0 Å². The third kappa shape index (κ3) is 4.74. The number of amides is 1. The number of nitrogens with zero attached hydrogens (tertiary/aromatic N) is 3. The van der Waals surface area contributed by atoms with Crippen LogP contribution in [0.1, 0.15) is 39.5 Å². The second kappa shape index (κ2) is 7.99. The molecule has 0 N–H and O–H groups in total. The molecule has 2 saturated heterocycles. The van der Waals surface area contributed by atoms with Gasteiger partial charge in [-0.05, 0) is 31.7 Å². The van der Waals surface area contributed by atoms with E-state index in [4.69, 9.17) is 0 Å². The van der Waals surface area contributed by atoms with E-state index in [0.29, 0.717) is 12.5 Å². The van der Waals surface area contributed by atoms with Crippen LogP contribution in [0.3, 0.4) is 0 Å². The van der Waals surface area contributed by atoms with E-state index in [1.54, 1.807) is 0 Å². The molecule has 1 amide bonds. The molecule has 2 heterocycles. The summed E-state index contributed by atoms with van der Waals surface area (Å²) in [4.78, 5) is 19.2. The van der Waals surface area contributed by atoms with Gasteiger partial charge in [0.15, 0.2) is 0 Å². The summed E-state index contributed by atoms with van der Waals surface area (Å²) in [5.41, 5.74) is 0. The zero-order valence-electron chi connectivity index (χ0n) is 13.3. The van der Waals surface area contributed by atoms with Gasteiger partial charge in [0.25, 0.3) is 0 Å². The van der Waals surface area contributed by atoms with Crippen LogP contribution in [0.25, 0.3) is 0 Å². The summed E-state index contributed by atoms with van der Waals surface area (Å²) in [6, 6.07) is 0. The molecular formula is C16H31N3O. The number of hydrogen-bond acceptors (Lipinski definition) is 3. The van der Waals surface area contributed by atoms with Crippen molar-refractivity contribution in [3.05, 3.63) is 0 Å². The van der Waals surface area contributed by atoms with Gasteiger partial charge in [-0.1, -0.05) is 20.3 Å². The zero-order valence-corrected chi connectivity index (χ0v) is 13.3. The smallest absolute Gasteiger partial charge is 0.236 e. The SMILES string of the molecule is CCCCN1CCN(CC(=O)N2CCC(C)CC2)CC1. The summed E-state index contributed by atoms with van der Waals surface area (Å²) in [6.45, 7) is 12.7. The van der Waals surface area contributed by atoms with Crippen LogP contribution in [-0.2, 0) is 4.79 Å². The Morgan fingerprint density at radius 3 is 2.20 bits per heavy atom. The third-order valence-corrected chi connectivity index (χ3v) is 4.79. The summed E-state index contributed by atoms with van der Waals surface area (Å²) in [5.74, 6) is 1.14. The van der Waals surface area contributed by atoms with E-state index in [1.807, 2.05) is 0 Å². The van der Waals surface area contributed by atoms with Gasteiger partial charge in [0.1, 0.15) is 0 Å². The largest absolute Gasteiger partial charge is 0.342 e. The molecule has 0 aromatic rings. The maximum atomic E-state index is 12.3. The molecule has 0 spiro atoms. The lowest BCUT2D eigenvalue weighted by Crippen LogP contribution is -2.51. The lowest BCUT2D eigenvalue weighted by molar-refractivity contribution is -0.134. The van der Waals surface area contributed by atoms with Crippen LogP contribution < -0.4 is 0 Å². The minimum absolute atomic E-state index is 0.346.